The van der Waals surface area contributed by atoms with Crippen LogP contribution in [0.5, 0.6) is 0 Å². The van der Waals surface area contributed by atoms with E-state index in [4.69, 9.17) is 0 Å². The Morgan fingerprint density at radius 3 is 2.82 bits per heavy atom. The number of pyridine rings is 1. The highest BCUT2D eigenvalue weighted by atomic mass is 32.1. The summed E-state index contributed by atoms with van der Waals surface area (Å²) in [7, 11) is 0. The number of rotatable bonds is 1. The van der Waals surface area contributed by atoms with Crippen LogP contribution in [0.3, 0.4) is 0 Å². The lowest BCUT2D eigenvalue weighted by molar-refractivity contribution is 0.00205. The highest BCUT2D eigenvalue weighted by Crippen LogP contribution is 2.41. The molecule has 3 aromatic heterocycles. The zero-order chi connectivity index (χ0) is 15.4. The highest BCUT2D eigenvalue weighted by molar-refractivity contribution is 7.08. The molecule has 0 aliphatic carbocycles. The van der Waals surface area contributed by atoms with Crippen molar-refractivity contribution in [1.29, 1.82) is 0 Å². The molecule has 4 rings (SSSR count). The Kier molecular flexibility index (Phi) is 3.00. The van der Waals surface area contributed by atoms with E-state index in [-0.39, 0.29) is 6.04 Å². The number of anilines is 1. The van der Waals surface area contributed by atoms with Crippen molar-refractivity contribution < 1.29 is 10.2 Å². The molecule has 0 spiro atoms. The van der Waals surface area contributed by atoms with E-state index in [0.29, 0.717) is 5.56 Å². The van der Waals surface area contributed by atoms with Gasteiger partial charge in [0.25, 0.3) is 0 Å². The number of aryl methyl sites for hydroxylation is 2. The summed E-state index contributed by atoms with van der Waals surface area (Å²) in [4.78, 5) is 4.61. The van der Waals surface area contributed by atoms with Gasteiger partial charge in [-0.3, -0.25) is 0 Å². The Morgan fingerprint density at radius 1 is 1.27 bits per heavy atom. The number of aromatic nitrogens is 2. The van der Waals surface area contributed by atoms with Crippen LogP contribution in [0.25, 0.3) is 5.65 Å². The Morgan fingerprint density at radius 2 is 2.09 bits per heavy atom. The summed E-state index contributed by atoms with van der Waals surface area (Å²) in [5.41, 5.74) is 5.29. The first-order valence-electron chi connectivity index (χ1n) is 7.21. The van der Waals surface area contributed by atoms with Crippen molar-refractivity contribution in [3.05, 3.63) is 51.6 Å². The van der Waals surface area contributed by atoms with Gasteiger partial charge in [0, 0.05) is 17.5 Å². The fraction of sp³-hybridized carbons (Fsp3) is 0.312. The van der Waals surface area contributed by atoms with E-state index in [1.165, 1.54) is 0 Å². The van der Waals surface area contributed by atoms with Crippen LogP contribution < -0.4 is 5.32 Å². The molecule has 3 unspecified atom stereocenters. The smallest absolute Gasteiger partial charge is 0.161 e. The average molecular weight is 315 g/mol. The number of nitrogens with zero attached hydrogens (tertiary/aromatic N) is 2. The third-order valence-electron chi connectivity index (χ3n) is 4.49. The lowest BCUT2D eigenvalue weighted by atomic mass is 9.90. The third-order valence-corrected chi connectivity index (χ3v) is 5.19. The van der Waals surface area contributed by atoms with Crippen LogP contribution in [-0.4, -0.2) is 25.7 Å². The van der Waals surface area contributed by atoms with E-state index >= 15 is 0 Å². The van der Waals surface area contributed by atoms with Gasteiger partial charge in [-0.2, -0.15) is 11.3 Å². The average Bonchev–Trinajstić information content (AvgIpc) is 3.13. The minimum atomic E-state index is -0.927. The molecule has 4 heterocycles. The molecule has 3 atom stereocenters. The van der Waals surface area contributed by atoms with Gasteiger partial charge in [0.15, 0.2) is 5.65 Å². The van der Waals surface area contributed by atoms with Gasteiger partial charge in [-0.15, -0.1) is 0 Å². The first-order chi connectivity index (χ1) is 10.6. The number of aliphatic hydroxyl groups excluding tert-OH is 2. The second-order valence-corrected chi connectivity index (χ2v) is 6.52. The molecule has 0 saturated carbocycles. The molecule has 0 fully saturated rings. The second kappa shape index (κ2) is 4.81. The van der Waals surface area contributed by atoms with Crippen molar-refractivity contribution in [1.82, 2.24) is 9.38 Å². The van der Waals surface area contributed by atoms with Crippen LogP contribution >= 0.6 is 11.3 Å². The van der Waals surface area contributed by atoms with Gasteiger partial charge >= 0.3 is 0 Å². The van der Waals surface area contributed by atoms with E-state index in [2.05, 4.69) is 10.3 Å². The molecule has 1 aliphatic rings. The number of fused-ring (bicyclic) bond motifs is 3. The second-order valence-electron chi connectivity index (χ2n) is 5.74. The zero-order valence-electron chi connectivity index (χ0n) is 12.3. The van der Waals surface area contributed by atoms with Crippen LogP contribution in [0.4, 0.5) is 5.69 Å². The van der Waals surface area contributed by atoms with Gasteiger partial charge in [-0.05, 0) is 42.3 Å². The quantitative estimate of drug-likeness (QED) is 0.645. The van der Waals surface area contributed by atoms with Crippen molar-refractivity contribution in [3.63, 3.8) is 0 Å². The van der Waals surface area contributed by atoms with Crippen LogP contribution in [-0.2, 0) is 0 Å². The third kappa shape index (κ3) is 1.81. The predicted octanol–water partition coefficient (Wildman–Crippen LogP) is 2.57. The Bertz CT molecular complexity index is 841. The largest absolute Gasteiger partial charge is 0.388 e. The summed E-state index contributed by atoms with van der Waals surface area (Å²) in [6.07, 6.45) is 0.0802. The first kappa shape index (κ1) is 13.8. The maximum Gasteiger partial charge on any atom is 0.161 e. The van der Waals surface area contributed by atoms with Crippen molar-refractivity contribution in [2.24, 2.45) is 0 Å². The van der Waals surface area contributed by atoms with Gasteiger partial charge < -0.3 is 19.9 Å². The van der Waals surface area contributed by atoms with Gasteiger partial charge in [-0.1, -0.05) is 0 Å². The maximum absolute atomic E-state index is 10.5. The van der Waals surface area contributed by atoms with E-state index in [0.717, 1.165) is 28.3 Å². The number of thiophene rings is 1. The molecule has 0 saturated heterocycles. The fourth-order valence-corrected chi connectivity index (χ4v) is 3.78. The Hall–Kier alpha value is -1.89. The number of hydrogen-bond donors (Lipinski definition) is 3. The number of hydrogen-bond acceptors (Lipinski definition) is 5. The minimum Gasteiger partial charge on any atom is -0.388 e. The predicted molar refractivity (Wildman–Crippen MR) is 86.3 cm³/mol. The number of aliphatic hydroxyl groups is 2. The molecule has 1 aliphatic heterocycles. The van der Waals surface area contributed by atoms with Gasteiger partial charge in [0.1, 0.15) is 12.2 Å². The molecule has 22 heavy (non-hydrogen) atoms. The van der Waals surface area contributed by atoms with Crippen molar-refractivity contribution in [3.8, 4) is 0 Å². The molecule has 5 nitrogen and oxygen atoms in total. The first-order valence-corrected chi connectivity index (χ1v) is 8.15. The van der Waals surface area contributed by atoms with Crippen LogP contribution in [0.1, 0.15) is 34.7 Å². The number of imidazole rings is 1. The Balaban J connectivity index is 1.92. The molecular formula is C16H17N3O2S. The SMILES string of the molecule is Cc1nc2c3c(ccn2c1C)C(O)C(O)C(c1ccsc1)N3. The highest BCUT2D eigenvalue weighted by Gasteiger charge is 2.36. The summed E-state index contributed by atoms with van der Waals surface area (Å²) < 4.78 is 2.01. The standard InChI is InChI=1S/C16H17N3O2S/c1-8-9(2)19-5-3-11-13(16(19)17-8)18-12(15(21)14(11)20)10-4-6-22-7-10/h3-7,12,14-15,18,20-21H,1-2H3. The molecule has 3 N–H and O–H groups in total. The lowest BCUT2D eigenvalue weighted by Crippen LogP contribution is -2.36. The summed E-state index contributed by atoms with van der Waals surface area (Å²) in [6.45, 7) is 3.99. The monoisotopic (exact) mass is 315 g/mol. The topological polar surface area (TPSA) is 69.8 Å². The van der Waals surface area contributed by atoms with E-state index < -0.39 is 12.2 Å². The van der Waals surface area contributed by atoms with E-state index in [9.17, 15) is 10.2 Å². The van der Waals surface area contributed by atoms with E-state index in [1.807, 2.05) is 47.3 Å². The van der Waals surface area contributed by atoms with Crippen LogP contribution in [0, 0.1) is 13.8 Å². The normalized spacial score (nSPS) is 24.3. The van der Waals surface area contributed by atoms with Gasteiger partial charge in [-0.25, -0.2) is 4.98 Å². The molecule has 0 bridgehead atoms. The van der Waals surface area contributed by atoms with Gasteiger partial charge in [0.05, 0.1) is 17.4 Å². The number of nitrogens with one attached hydrogen (secondary N) is 1. The molecule has 6 heteroatoms. The zero-order valence-corrected chi connectivity index (χ0v) is 13.1. The molecular weight excluding hydrogens is 298 g/mol. The molecule has 0 amide bonds. The summed E-state index contributed by atoms with van der Waals surface area (Å²) in [5.74, 6) is 0. The van der Waals surface area contributed by atoms with Crippen LogP contribution in [0.2, 0.25) is 0 Å². The maximum atomic E-state index is 10.5. The lowest BCUT2D eigenvalue weighted by Gasteiger charge is -2.35. The molecule has 0 radical (unpaired) electrons. The minimum absolute atomic E-state index is 0.336. The molecule has 3 aromatic rings. The van der Waals surface area contributed by atoms with E-state index in [1.54, 1.807) is 11.3 Å². The van der Waals surface area contributed by atoms with Gasteiger partial charge in [0.2, 0.25) is 0 Å². The summed E-state index contributed by atoms with van der Waals surface area (Å²) in [6, 6.07) is 3.48. The van der Waals surface area contributed by atoms with Crippen molar-refractivity contribution in [2.75, 3.05) is 5.32 Å². The summed E-state index contributed by atoms with van der Waals surface area (Å²) in [5, 5.41) is 28.3. The Labute approximate surface area is 131 Å². The summed E-state index contributed by atoms with van der Waals surface area (Å²) >= 11 is 1.57. The van der Waals surface area contributed by atoms with Crippen LogP contribution in [0.15, 0.2) is 29.1 Å². The van der Waals surface area contributed by atoms with Crippen molar-refractivity contribution >= 4 is 22.7 Å². The molecule has 114 valence electrons. The van der Waals surface area contributed by atoms with Crippen molar-refractivity contribution in [2.45, 2.75) is 32.1 Å². The molecule has 0 aromatic carbocycles. The fourth-order valence-electron chi connectivity index (χ4n) is 3.09.